The Bertz CT molecular complexity index is 1070. The number of amides is 2. The Morgan fingerprint density at radius 2 is 1.66 bits per heavy atom. The highest BCUT2D eigenvalue weighted by molar-refractivity contribution is 7.20. The number of aryl methyl sites for hydroxylation is 3. The lowest BCUT2D eigenvalue weighted by atomic mass is 10.1. The Labute approximate surface area is 175 Å². The fourth-order valence-corrected chi connectivity index (χ4v) is 4.63. The molecule has 2 heterocycles. The van der Waals surface area contributed by atoms with Crippen LogP contribution in [0, 0.1) is 20.8 Å². The van der Waals surface area contributed by atoms with Crippen molar-refractivity contribution < 1.29 is 9.59 Å². The fraction of sp³-hybridized carbons (Fsp3) is 0.364. The number of aromatic nitrogens is 2. The second-order valence-corrected chi connectivity index (χ2v) is 8.31. The van der Waals surface area contributed by atoms with Gasteiger partial charge in [0, 0.05) is 43.8 Å². The zero-order valence-electron chi connectivity index (χ0n) is 17.7. The zero-order valence-corrected chi connectivity index (χ0v) is 18.6. The minimum Gasteiger partial charge on any atom is -0.345 e. The Morgan fingerprint density at radius 3 is 2.24 bits per heavy atom. The molecule has 0 bridgehead atoms. The molecule has 0 unspecified atom stereocenters. The fourth-order valence-electron chi connectivity index (χ4n) is 3.38. The van der Waals surface area contributed by atoms with Crippen molar-refractivity contribution in [1.29, 1.82) is 0 Å². The van der Waals surface area contributed by atoms with Gasteiger partial charge >= 0.3 is 0 Å². The molecule has 0 aliphatic heterocycles. The number of hydrogen-bond acceptors (Lipinski definition) is 5. The summed E-state index contributed by atoms with van der Waals surface area (Å²) in [5.41, 5.74) is 3.47. The van der Waals surface area contributed by atoms with Crippen molar-refractivity contribution in [2.75, 3.05) is 20.6 Å². The molecule has 29 heavy (non-hydrogen) atoms. The van der Waals surface area contributed by atoms with E-state index in [0.29, 0.717) is 23.5 Å². The van der Waals surface area contributed by atoms with Crippen molar-refractivity contribution in [1.82, 2.24) is 19.8 Å². The van der Waals surface area contributed by atoms with Gasteiger partial charge in [-0.3, -0.25) is 9.59 Å². The van der Waals surface area contributed by atoms with Crippen LogP contribution in [-0.4, -0.2) is 52.2 Å². The van der Waals surface area contributed by atoms with Crippen LogP contribution in [0.5, 0.6) is 0 Å². The molecule has 3 rings (SSSR count). The molecule has 0 aliphatic carbocycles. The summed E-state index contributed by atoms with van der Waals surface area (Å²) >= 11 is 1.43. The summed E-state index contributed by atoms with van der Waals surface area (Å²) in [5, 5.41) is 0.978. The number of thiophene rings is 1. The third kappa shape index (κ3) is 4.15. The van der Waals surface area contributed by atoms with Crippen molar-refractivity contribution in [2.24, 2.45) is 0 Å². The predicted molar refractivity (Wildman–Crippen MR) is 117 cm³/mol. The normalized spacial score (nSPS) is 11.0. The topological polar surface area (TPSA) is 66.4 Å². The molecule has 2 amide bonds. The van der Waals surface area contributed by atoms with Crippen LogP contribution in [0.15, 0.2) is 24.3 Å². The number of carbonyl (C=O) groups excluding carboxylic acids is 2. The largest absolute Gasteiger partial charge is 0.345 e. The number of hydrogen-bond donors (Lipinski definition) is 0. The summed E-state index contributed by atoms with van der Waals surface area (Å²) in [6.45, 7) is 8.84. The molecule has 1 aromatic carbocycles. The van der Waals surface area contributed by atoms with Crippen LogP contribution < -0.4 is 0 Å². The monoisotopic (exact) mass is 410 g/mol. The number of carbonyl (C=O) groups is 2. The lowest BCUT2D eigenvalue weighted by Gasteiger charge is -2.21. The van der Waals surface area contributed by atoms with Crippen LogP contribution in [0.4, 0.5) is 0 Å². The lowest BCUT2D eigenvalue weighted by Crippen LogP contribution is -2.30. The van der Waals surface area contributed by atoms with Crippen molar-refractivity contribution in [3.8, 4) is 0 Å². The van der Waals surface area contributed by atoms with Crippen LogP contribution in [0.25, 0.3) is 10.2 Å². The molecule has 0 N–H and O–H groups in total. The molecule has 0 aliphatic rings. The van der Waals surface area contributed by atoms with Crippen molar-refractivity contribution in [3.05, 3.63) is 57.4 Å². The minimum absolute atomic E-state index is 0.00139. The molecule has 0 atom stereocenters. The van der Waals surface area contributed by atoms with Crippen LogP contribution >= 0.6 is 11.3 Å². The van der Waals surface area contributed by atoms with Crippen LogP contribution in [0.2, 0.25) is 0 Å². The SMILES string of the molecule is CCN(Cc1ccc(C(=O)N(C)C)cc1)C(=O)c1sc2nc(C)nc(C)c2c1C. The smallest absolute Gasteiger partial charge is 0.264 e. The molecule has 0 saturated heterocycles. The van der Waals surface area contributed by atoms with E-state index in [0.717, 1.165) is 32.9 Å². The molecule has 3 aromatic rings. The maximum atomic E-state index is 13.3. The first kappa shape index (κ1) is 20.9. The molecule has 152 valence electrons. The van der Waals surface area contributed by atoms with Gasteiger partial charge in [0.2, 0.25) is 0 Å². The van der Waals surface area contributed by atoms with E-state index in [1.807, 2.05) is 56.9 Å². The number of rotatable bonds is 5. The van der Waals surface area contributed by atoms with E-state index in [2.05, 4.69) is 9.97 Å². The molecule has 0 fully saturated rings. The Morgan fingerprint density at radius 1 is 1.00 bits per heavy atom. The molecular formula is C22H26N4O2S. The van der Waals surface area contributed by atoms with Crippen LogP contribution in [0.3, 0.4) is 0 Å². The first-order valence-electron chi connectivity index (χ1n) is 9.57. The summed E-state index contributed by atoms with van der Waals surface area (Å²) in [7, 11) is 3.46. The zero-order chi connectivity index (χ0) is 21.3. The van der Waals surface area contributed by atoms with Gasteiger partial charge in [-0.05, 0) is 51.0 Å². The highest BCUT2D eigenvalue weighted by Gasteiger charge is 2.23. The van der Waals surface area contributed by atoms with E-state index >= 15 is 0 Å². The van der Waals surface area contributed by atoms with E-state index in [1.165, 1.54) is 11.3 Å². The number of benzene rings is 1. The number of nitrogens with zero attached hydrogens (tertiary/aromatic N) is 4. The first-order valence-corrected chi connectivity index (χ1v) is 10.4. The Hall–Kier alpha value is -2.80. The highest BCUT2D eigenvalue weighted by Crippen LogP contribution is 2.32. The predicted octanol–water partition coefficient (Wildman–Crippen LogP) is 3.98. The van der Waals surface area contributed by atoms with Gasteiger partial charge in [-0.15, -0.1) is 11.3 Å². The van der Waals surface area contributed by atoms with Gasteiger partial charge in [-0.1, -0.05) is 12.1 Å². The average molecular weight is 411 g/mol. The van der Waals surface area contributed by atoms with Crippen molar-refractivity contribution in [3.63, 3.8) is 0 Å². The molecular weight excluding hydrogens is 384 g/mol. The van der Waals surface area contributed by atoms with Gasteiger partial charge in [0.15, 0.2) is 0 Å². The third-order valence-corrected chi connectivity index (χ3v) is 6.10. The van der Waals surface area contributed by atoms with E-state index in [1.54, 1.807) is 19.0 Å². The van der Waals surface area contributed by atoms with Crippen LogP contribution in [-0.2, 0) is 6.54 Å². The average Bonchev–Trinajstić information content (AvgIpc) is 3.01. The maximum absolute atomic E-state index is 13.3. The van der Waals surface area contributed by atoms with E-state index in [-0.39, 0.29) is 11.8 Å². The highest BCUT2D eigenvalue weighted by atomic mass is 32.1. The maximum Gasteiger partial charge on any atom is 0.264 e. The van der Waals surface area contributed by atoms with Gasteiger partial charge < -0.3 is 9.80 Å². The van der Waals surface area contributed by atoms with E-state index < -0.39 is 0 Å². The quantitative estimate of drug-likeness (QED) is 0.638. The Kier molecular flexibility index (Phi) is 5.98. The van der Waals surface area contributed by atoms with Crippen molar-refractivity contribution >= 4 is 33.4 Å². The summed E-state index contributed by atoms with van der Waals surface area (Å²) in [6.07, 6.45) is 0. The molecule has 0 radical (unpaired) electrons. The molecule has 0 spiro atoms. The molecule has 7 heteroatoms. The third-order valence-electron chi connectivity index (χ3n) is 4.93. The van der Waals surface area contributed by atoms with Gasteiger partial charge in [0.25, 0.3) is 11.8 Å². The van der Waals surface area contributed by atoms with Gasteiger partial charge in [0.05, 0.1) is 4.88 Å². The molecule has 2 aromatic heterocycles. The standard InChI is InChI=1S/C22H26N4O2S/c1-7-26(12-16-8-10-17(11-9-16)21(27)25(5)6)22(28)19-13(2)18-14(3)23-15(4)24-20(18)29-19/h8-11H,7,12H2,1-6H3. The second-order valence-electron chi connectivity index (χ2n) is 7.31. The second kappa shape index (κ2) is 8.29. The van der Waals surface area contributed by atoms with Crippen LogP contribution in [0.1, 0.15) is 49.6 Å². The first-order chi connectivity index (χ1) is 13.7. The molecule has 0 saturated carbocycles. The van der Waals surface area contributed by atoms with Gasteiger partial charge in [0.1, 0.15) is 10.7 Å². The summed E-state index contributed by atoms with van der Waals surface area (Å²) in [6, 6.07) is 7.43. The summed E-state index contributed by atoms with van der Waals surface area (Å²) in [5.74, 6) is 0.682. The van der Waals surface area contributed by atoms with E-state index in [4.69, 9.17) is 0 Å². The summed E-state index contributed by atoms with van der Waals surface area (Å²) in [4.78, 5) is 39.2. The van der Waals surface area contributed by atoms with Gasteiger partial charge in [-0.25, -0.2) is 9.97 Å². The van der Waals surface area contributed by atoms with Crippen molar-refractivity contribution in [2.45, 2.75) is 34.2 Å². The minimum atomic E-state index is -0.0346. The van der Waals surface area contributed by atoms with E-state index in [9.17, 15) is 9.59 Å². The Balaban J connectivity index is 1.86. The lowest BCUT2D eigenvalue weighted by molar-refractivity contribution is 0.0755. The number of fused-ring (bicyclic) bond motifs is 1. The van der Waals surface area contributed by atoms with Gasteiger partial charge in [-0.2, -0.15) is 0 Å². The molecule has 6 nitrogen and oxygen atoms in total. The summed E-state index contributed by atoms with van der Waals surface area (Å²) < 4.78 is 0.